The molecule has 0 amide bonds. The van der Waals surface area contributed by atoms with E-state index in [9.17, 15) is 4.79 Å². The standard InChI is InChI=1S/C12H24NO2.ClH/c1-6-12(14)15-11(5)10-13(7-2,8-3)9-4;/h6,11H,1,7-10H2,2-5H3;1H/q+1;/p-1. The van der Waals surface area contributed by atoms with Crippen molar-refractivity contribution in [3.63, 3.8) is 0 Å². The van der Waals surface area contributed by atoms with Gasteiger partial charge in [0.2, 0.25) is 0 Å². The second-order valence-corrected chi connectivity index (χ2v) is 3.92. The third-order valence-corrected chi connectivity index (χ3v) is 3.14. The van der Waals surface area contributed by atoms with Crippen molar-refractivity contribution < 1.29 is 26.4 Å². The van der Waals surface area contributed by atoms with Gasteiger partial charge in [-0.3, -0.25) is 0 Å². The molecule has 0 N–H and O–H groups in total. The van der Waals surface area contributed by atoms with E-state index in [1.807, 2.05) is 6.92 Å². The van der Waals surface area contributed by atoms with Gasteiger partial charge in [0.1, 0.15) is 12.6 Å². The molecule has 96 valence electrons. The van der Waals surface area contributed by atoms with Gasteiger partial charge in [0.25, 0.3) is 0 Å². The third kappa shape index (κ3) is 5.52. The molecule has 0 aliphatic heterocycles. The van der Waals surface area contributed by atoms with Gasteiger partial charge >= 0.3 is 5.97 Å². The molecule has 0 aliphatic carbocycles. The number of carbonyl (C=O) groups is 1. The SMILES string of the molecule is C=CC(=O)OC(C)C[N+](CC)(CC)CC.[Cl-]. The summed E-state index contributed by atoms with van der Waals surface area (Å²) in [6.45, 7) is 16.0. The predicted molar refractivity (Wildman–Crippen MR) is 62.5 cm³/mol. The molecule has 4 heteroatoms. The van der Waals surface area contributed by atoms with Crippen molar-refractivity contribution in [3.05, 3.63) is 12.7 Å². The number of halogens is 1. The highest BCUT2D eigenvalue weighted by Crippen LogP contribution is 2.09. The summed E-state index contributed by atoms with van der Waals surface area (Å²) < 4.78 is 6.18. The third-order valence-electron chi connectivity index (χ3n) is 3.14. The van der Waals surface area contributed by atoms with Crippen LogP contribution in [0.2, 0.25) is 0 Å². The zero-order chi connectivity index (χ0) is 11.9. The lowest BCUT2D eigenvalue weighted by Gasteiger charge is -2.37. The van der Waals surface area contributed by atoms with Crippen LogP contribution in [0, 0.1) is 0 Å². The zero-order valence-corrected chi connectivity index (χ0v) is 11.6. The summed E-state index contributed by atoms with van der Waals surface area (Å²) in [5.74, 6) is -0.330. The maximum atomic E-state index is 11.0. The fourth-order valence-electron chi connectivity index (χ4n) is 1.89. The maximum Gasteiger partial charge on any atom is 0.330 e. The monoisotopic (exact) mass is 249 g/mol. The van der Waals surface area contributed by atoms with Crippen molar-refractivity contribution in [1.29, 1.82) is 0 Å². The molecule has 3 nitrogen and oxygen atoms in total. The molecule has 0 radical (unpaired) electrons. The molecule has 1 unspecified atom stereocenters. The van der Waals surface area contributed by atoms with E-state index in [-0.39, 0.29) is 24.5 Å². The number of ether oxygens (including phenoxy) is 1. The minimum Gasteiger partial charge on any atom is -1.00 e. The summed E-state index contributed by atoms with van der Waals surface area (Å²) in [6, 6.07) is 0. The fraction of sp³-hybridized carbons (Fsp3) is 0.750. The normalized spacial score (nSPS) is 12.5. The van der Waals surface area contributed by atoms with E-state index in [2.05, 4.69) is 27.4 Å². The predicted octanol–water partition coefficient (Wildman–Crippen LogP) is -1.02. The zero-order valence-electron chi connectivity index (χ0n) is 10.8. The van der Waals surface area contributed by atoms with Gasteiger partial charge in [0, 0.05) is 6.08 Å². The molecule has 0 spiro atoms. The van der Waals surface area contributed by atoms with Crippen molar-refractivity contribution in [2.45, 2.75) is 33.8 Å². The van der Waals surface area contributed by atoms with E-state index in [1.54, 1.807) is 0 Å². The Hall–Kier alpha value is -0.540. The summed E-state index contributed by atoms with van der Waals surface area (Å²) >= 11 is 0. The molecule has 1 atom stereocenters. The summed E-state index contributed by atoms with van der Waals surface area (Å²) in [5.41, 5.74) is 0. The van der Waals surface area contributed by atoms with Crippen LogP contribution in [-0.4, -0.2) is 42.7 Å². The second kappa shape index (κ2) is 8.59. The first kappa shape index (κ1) is 17.8. The molecule has 0 saturated heterocycles. The van der Waals surface area contributed by atoms with E-state index in [0.29, 0.717) is 0 Å². The Bertz CT molecular complexity index is 207. The highest BCUT2D eigenvalue weighted by atomic mass is 35.5. The quantitative estimate of drug-likeness (QED) is 0.328. The Morgan fingerprint density at radius 2 is 1.75 bits per heavy atom. The number of hydrogen-bond donors (Lipinski definition) is 0. The van der Waals surface area contributed by atoms with Crippen molar-refractivity contribution >= 4 is 5.97 Å². The number of quaternary nitrogens is 1. The average molecular weight is 250 g/mol. The van der Waals surface area contributed by atoms with Crippen LogP contribution in [0.15, 0.2) is 12.7 Å². The molecule has 0 fully saturated rings. The molecular weight excluding hydrogens is 226 g/mol. The Balaban J connectivity index is 0. The topological polar surface area (TPSA) is 26.3 Å². The average Bonchev–Trinajstić information content (AvgIpc) is 2.26. The molecule has 0 rings (SSSR count). The molecular formula is C12H24ClNO2. The van der Waals surface area contributed by atoms with Crippen molar-refractivity contribution in [3.8, 4) is 0 Å². The summed E-state index contributed by atoms with van der Waals surface area (Å²) in [4.78, 5) is 11.0. The van der Waals surface area contributed by atoms with Gasteiger partial charge in [-0.1, -0.05) is 6.58 Å². The Labute approximate surface area is 105 Å². The van der Waals surface area contributed by atoms with Gasteiger partial charge < -0.3 is 21.6 Å². The van der Waals surface area contributed by atoms with Crippen molar-refractivity contribution in [2.75, 3.05) is 26.2 Å². The molecule has 0 aromatic rings. The van der Waals surface area contributed by atoms with Crippen LogP contribution in [0.5, 0.6) is 0 Å². The van der Waals surface area contributed by atoms with Gasteiger partial charge in [-0.05, 0) is 27.7 Å². The van der Waals surface area contributed by atoms with Crippen molar-refractivity contribution in [2.24, 2.45) is 0 Å². The van der Waals surface area contributed by atoms with E-state index in [1.165, 1.54) is 6.08 Å². The Kier molecular flexibility index (Phi) is 9.58. The van der Waals surface area contributed by atoms with Crippen molar-refractivity contribution in [1.82, 2.24) is 0 Å². The van der Waals surface area contributed by atoms with E-state index < -0.39 is 0 Å². The highest BCUT2D eigenvalue weighted by Gasteiger charge is 2.25. The number of nitrogens with zero attached hydrogens (tertiary/aromatic N) is 1. The Morgan fingerprint density at radius 3 is 2.06 bits per heavy atom. The van der Waals surface area contributed by atoms with Crippen LogP contribution in [0.4, 0.5) is 0 Å². The molecule has 16 heavy (non-hydrogen) atoms. The van der Waals surface area contributed by atoms with E-state index >= 15 is 0 Å². The second-order valence-electron chi connectivity index (χ2n) is 3.92. The van der Waals surface area contributed by atoms with Crippen LogP contribution in [0.25, 0.3) is 0 Å². The van der Waals surface area contributed by atoms with Crippen LogP contribution in [0.1, 0.15) is 27.7 Å². The highest BCUT2D eigenvalue weighted by molar-refractivity contribution is 5.81. The first-order valence-electron chi connectivity index (χ1n) is 5.71. The lowest BCUT2D eigenvalue weighted by molar-refractivity contribution is -0.925. The van der Waals surface area contributed by atoms with E-state index in [0.717, 1.165) is 30.7 Å². The van der Waals surface area contributed by atoms with Crippen LogP contribution in [-0.2, 0) is 9.53 Å². The molecule has 0 aliphatic rings. The van der Waals surface area contributed by atoms with Crippen LogP contribution in [0.3, 0.4) is 0 Å². The van der Waals surface area contributed by atoms with Gasteiger partial charge in [0.15, 0.2) is 0 Å². The first-order chi connectivity index (χ1) is 7.03. The molecule has 0 bridgehead atoms. The lowest BCUT2D eigenvalue weighted by Crippen LogP contribution is -3.00. The summed E-state index contributed by atoms with van der Waals surface area (Å²) in [6.07, 6.45) is 1.17. The summed E-state index contributed by atoms with van der Waals surface area (Å²) in [5, 5.41) is 0. The molecule has 0 aromatic carbocycles. The number of rotatable bonds is 7. The number of likely N-dealkylation sites (N-methyl/N-ethyl adjacent to an activating group) is 1. The number of hydrogen-bond acceptors (Lipinski definition) is 2. The van der Waals surface area contributed by atoms with E-state index in [4.69, 9.17) is 4.74 Å². The van der Waals surface area contributed by atoms with Gasteiger partial charge in [-0.25, -0.2) is 4.79 Å². The number of carbonyl (C=O) groups excluding carboxylic acids is 1. The Morgan fingerprint density at radius 1 is 1.31 bits per heavy atom. The molecule has 0 heterocycles. The minimum atomic E-state index is -0.330. The fourth-order valence-corrected chi connectivity index (χ4v) is 1.89. The lowest BCUT2D eigenvalue weighted by atomic mass is 10.2. The van der Waals surface area contributed by atoms with Crippen LogP contribution >= 0.6 is 0 Å². The molecule has 0 aromatic heterocycles. The van der Waals surface area contributed by atoms with Gasteiger partial charge in [0.05, 0.1) is 19.6 Å². The van der Waals surface area contributed by atoms with Crippen LogP contribution < -0.4 is 12.4 Å². The largest absolute Gasteiger partial charge is 1.00 e. The summed E-state index contributed by atoms with van der Waals surface area (Å²) in [7, 11) is 0. The molecule has 0 saturated carbocycles. The minimum absolute atomic E-state index is 0. The first-order valence-corrected chi connectivity index (χ1v) is 5.71. The van der Waals surface area contributed by atoms with Gasteiger partial charge in [-0.15, -0.1) is 0 Å². The number of esters is 1. The maximum absolute atomic E-state index is 11.0. The van der Waals surface area contributed by atoms with Gasteiger partial charge in [-0.2, -0.15) is 0 Å². The smallest absolute Gasteiger partial charge is 0.330 e.